The molecule has 0 radical (unpaired) electrons. The highest BCUT2D eigenvalue weighted by atomic mass is 19.4. The molecule has 1 fully saturated rings. The number of nitrogens with zero attached hydrogens (tertiary/aromatic N) is 5. The predicted octanol–water partition coefficient (Wildman–Crippen LogP) is 2.66. The first-order chi connectivity index (χ1) is 15.1. The van der Waals surface area contributed by atoms with Gasteiger partial charge >= 0.3 is 12.5 Å². The van der Waals surface area contributed by atoms with E-state index in [1.54, 1.807) is 6.20 Å². The van der Waals surface area contributed by atoms with Crippen LogP contribution in [0.1, 0.15) is 5.69 Å². The number of fused-ring (bicyclic) bond motifs is 1. The number of alkyl halides is 3. The molecule has 1 aliphatic heterocycles. The van der Waals surface area contributed by atoms with E-state index in [2.05, 4.69) is 24.6 Å². The van der Waals surface area contributed by atoms with Gasteiger partial charge in [0.25, 0.3) is 0 Å². The first kappa shape index (κ1) is 21.7. The minimum absolute atomic E-state index is 0.169. The van der Waals surface area contributed by atoms with E-state index in [9.17, 15) is 18.0 Å². The third-order valence-corrected chi connectivity index (χ3v) is 5.22. The van der Waals surface area contributed by atoms with Crippen LogP contribution >= 0.6 is 0 Å². The molecular weight excluding hydrogens is 429 g/mol. The van der Waals surface area contributed by atoms with E-state index < -0.39 is 12.5 Å². The van der Waals surface area contributed by atoms with Crippen molar-refractivity contribution in [3.8, 4) is 11.4 Å². The zero-order valence-corrected chi connectivity index (χ0v) is 17.3. The lowest BCUT2D eigenvalue weighted by Gasteiger charge is -2.44. The van der Waals surface area contributed by atoms with Crippen LogP contribution in [0.3, 0.4) is 0 Å². The average molecular weight is 450 g/mol. The molecule has 0 spiro atoms. The maximum Gasteiger partial charge on any atom is 0.573 e. The largest absolute Gasteiger partial charge is 0.573 e. The summed E-state index contributed by atoms with van der Waals surface area (Å²) in [6, 6.07) is 7.51. The number of hydrogen-bond acceptors (Lipinski definition) is 7. The van der Waals surface area contributed by atoms with Crippen LogP contribution in [-0.2, 0) is 11.3 Å². The fourth-order valence-electron chi connectivity index (χ4n) is 3.55. The van der Waals surface area contributed by atoms with Crippen molar-refractivity contribution < 1.29 is 27.4 Å². The van der Waals surface area contributed by atoms with Crippen molar-refractivity contribution in [2.75, 3.05) is 32.1 Å². The highest BCUT2D eigenvalue weighted by Crippen LogP contribution is 2.34. The summed E-state index contributed by atoms with van der Waals surface area (Å²) < 4.78 is 47.7. The van der Waals surface area contributed by atoms with E-state index in [0.29, 0.717) is 28.5 Å². The second-order valence-corrected chi connectivity index (χ2v) is 7.56. The van der Waals surface area contributed by atoms with E-state index in [-0.39, 0.29) is 12.4 Å². The molecule has 9 nitrogen and oxygen atoms in total. The topological polar surface area (TPSA) is 98.7 Å². The van der Waals surface area contributed by atoms with Gasteiger partial charge in [-0.15, -0.1) is 13.2 Å². The summed E-state index contributed by atoms with van der Waals surface area (Å²) >= 11 is 0. The normalized spacial score (nSPS) is 14.6. The molecule has 0 unspecified atom stereocenters. The number of likely N-dealkylation sites (N-methyl/N-ethyl adjacent to an activating group) is 1. The molecule has 2 N–H and O–H groups in total. The van der Waals surface area contributed by atoms with Crippen molar-refractivity contribution in [1.82, 2.24) is 19.7 Å². The Morgan fingerprint density at radius 3 is 2.50 bits per heavy atom. The number of pyridine rings is 1. The molecular formula is C20H21F3N6O3. The average Bonchev–Trinajstić information content (AvgIpc) is 3.04. The molecule has 0 saturated carbocycles. The van der Waals surface area contributed by atoms with Crippen LogP contribution in [0.15, 0.2) is 36.5 Å². The molecule has 1 amide bonds. The van der Waals surface area contributed by atoms with Crippen molar-refractivity contribution >= 4 is 22.8 Å². The molecule has 1 aromatic carbocycles. The standard InChI is InChI=1S/C20H21F3N6O3/c1-27(2)13-9-28(10-13)16-7-8-25-18-17(16)15(11-31-19(24)30)26-29(18)12-3-5-14(6-4-12)32-20(21,22)23/h3-8,13H,9-11H2,1-2H3,(H2,24,30). The number of aromatic nitrogens is 3. The summed E-state index contributed by atoms with van der Waals surface area (Å²) in [5.74, 6) is -0.348. The number of anilines is 1. The summed E-state index contributed by atoms with van der Waals surface area (Å²) in [7, 11) is 4.03. The zero-order valence-electron chi connectivity index (χ0n) is 17.3. The summed E-state index contributed by atoms with van der Waals surface area (Å²) in [4.78, 5) is 19.9. The predicted molar refractivity (Wildman–Crippen MR) is 110 cm³/mol. The molecule has 0 atom stereocenters. The molecule has 0 aliphatic carbocycles. The van der Waals surface area contributed by atoms with Crippen LogP contribution in [-0.4, -0.2) is 65.3 Å². The summed E-state index contributed by atoms with van der Waals surface area (Å²) in [6.07, 6.45) is -4.08. The second kappa shape index (κ2) is 8.19. The zero-order chi connectivity index (χ0) is 23.0. The Morgan fingerprint density at radius 2 is 1.91 bits per heavy atom. The van der Waals surface area contributed by atoms with Crippen LogP contribution in [0.5, 0.6) is 5.75 Å². The lowest BCUT2D eigenvalue weighted by atomic mass is 10.1. The number of carbonyl (C=O) groups is 1. The lowest BCUT2D eigenvalue weighted by molar-refractivity contribution is -0.274. The van der Waals surface area contributed by atoms with Gasteiger partial charge in [-0.05, 0) is 44.4 Å². The molecule has 2 aromatic heterocycles. The third-order valence-electron chi connectivity index (χ3n) is 5.22. The minimum Gasteiger partial charge on any atom is -0.443 e. The van der Waals surface area contributed by atoms with E-state index in [4.69, 9.17) is 10.5 Å². The number of carbonyl (C=O) groups excluding carboxylic acids is 1. The third kappa shape index (κ3) is 4.40. The Labute approximate surface area is 181 Å². The van der Waals surface area contributed by atoms with Crippen LogP contribution in [0.25, 0.3) is 16.7 Å². The van der Waals surface area contributed by atoms with Gasteiger partial charge < -0.3 is 25.0 Å². The Morgan fingerprint density at radius 1 is 1.22 bits per heavy atom. The minimum atomic E-state index is -4.78. The Kier molecular flexibility index (Phi) is 5.55. The van der Waals surface area contributed by atoms with Crippen molar-refractivity contribution in [3.63, 3.8) is 0 Å². The fourth-order valence-corrected chi connectivity index (χ4v) is 3.55. The quantitative estimate of drug-likeness (QED) is 0.617. The van der Waals surface area contributed by atoms with Gasteiger partial charge in [0.2, 0.25) is 0 Å². The Hall–Kier alpha value is -3.54. The molecule has 1 aliphatic rings. The molecule has 1 saturated heterocycles. The van der Waals surface area contributed by atoms with Gasteiger partial charge in [0.1, 0.15) is 18.1 Å². The van der Waals surface area contributed by atoms with Gasteiger partial charge in [0.15, 0.2) is 5.65 Å². The van der Waals surface area contributed by atoms with Crippen molar-refractivity contribution in [2.24, 2.45) is 5.73 Å². The maximum atomic E-state index is 12.5. The molecule has 32 heavy (non-hydrogen) atoms. The summed E-state index contributed by atoms with van der Waals surface area (Å²) in [6.45, 7) is 1.44. The van der Waals surface area contributed by atoms with Crippen molar-refractivity contribution in [1.29, 1.82) is 0 Å². The fraction of sp³-hybridized carbons (Fsp3) is 0.350. The van der Waals surface area contributed by atoms with E-state index in [1.165, 1.54) is 28.9 Å². The Balaban J connectivity index is 1.73. The van der Waals surface area contributed by atoms with Gasteiger partial charge in [0.05, 0.1) is 16.8 Å². The van der Waals surface area contributed by atoms with Crippen molar-refractivity contribution in [2.45, 2.75) is 19.0 Å². The lowest BCUT2D eigenvalue weighted by Crippen LogP contribution is -2.57. The smallest absolute Gasteiger partial charge is 0.443 e. The molecule has 3 aromatic rings. The molecule has 12 heteroatoms. The van der Waals surface area contributed by atoms with Crippen LogP contribution in [0, 0.1) is 0 Å². The van der Waals surface area contributed by atoms with Gasteiger partial charge in [-0.1, -0.05) is 0 Å². The number of ether oxygens (including phenoxy) is 2. The molecule has 0 bridgehead atoms. The van der Waals surface area contributed by atoms with Gasteiger partial charge in [-0.3, -0.25) is 0 Å². The van der Waals surface area contributed by atoms with Crippen LogP contribution in [0.4, 0.5) is 23.7 Å². The second-order valence-electron chi connectivity index (χ2n) is 7.56. The number of amides is 1. The van der Waals surface area contributed by atoms with Gasteiger partial charge in [-0.2, -0.15) is 5.10 Å². The Bertz CT molecular complexity index is 1120. The van der Waals surface area contributed by atoms with Crippen molar-refractivity contribution in [3.05, 3.63) is 42.2 Å². The number of rotatable bonds is 6. The molecule has 3 heterocycles. The highest BCUT2D eigenvalue weighted by molar-refractivity contribution is 5.93. The van der Waals surface area contributed by atoms with E-state index in [1.807, 2.05) is 20.2 Å². The van der Waals surface area contributed by atoms with Gasteiger partial charge in [-0.25, -0.2) is 14.5 Å². The highest BCUT2D eigenvalue weighted by Gasteiger charge is 2.32. The number of halogens is 3. The number of hydrogen-bond donors (Lipinski definition) is 1. The monoisotopic (exact) mass is 450 g/mol. The maximum absolute atomic E-state index is 12.5. The number of nitrogens with two attached hydrogens (primary N) is 1. The van der Waals surface area contributed by atoms with Crippen LogP contribution < -0.4 is 15.4 Å². The number of benzene rings is 1. The molecule has 4 rings (SSSR count). The first-order valence-electron chi connectivity index (χ1n) is 9.69. The van der Waals surface area contributed by atoms with E-state index >= 15 is 0 Å². The summed E-state index contributed by atoms with van der Waals surface area (Å²) in [5, 5.41) is 5.19. The van der Waals surface area contributed by atoms with Crippen LogP contribution in [0.2, 0.25) is 0 Å². The first-order valence-corrected chi connectivity index (χ1v) is 9.69. The van der Waals surface area contributed by atoms with Gasteiger partial charge in [0, 0.05) is 25.3 Å². The molecule has 170 valence electrons. The number of primary amides is 1. The summed E-state index contributed by atoms with van der Waals surface area (Å²) in [5.41, 5.74) is 7.38. The SMILES string of the molecule is CN(C)C1CN(c2ccnc3c2c(COC(N)=O)nn3-c2ccc(OC(F)(F)F)cc2)C1. The van der Waals surface area contributed by atoms with E-state index in [0.717, 1.165) is 18.8 Å².